The van der Waals surface area contributed by atoms with Crippen molar-refractivity contribution in [3.05, 3.63) is 0 Å². The van der Waals surface area contributed by atoms with Crippen molar-refractivity contribution in [2.75, 3.05) is 39.6 Å². The minimum atomic E-state index is -4.96. The molecule has 0 aliphatic rings. The Morgan fingerprint density at radius 2 is 0.475 bits per heavy atom. The maximum Gasteiger partial charge on any atom is 0.472 e. The lowest BCUT2D eigenvalue weighted by atomic mass is 9.99. The van der Waals surface area contributed by atoms with Gasteiger partial charge in [-0.3, -0.25) is 37.3 Å². The number of esters is 4. The fourth-order valence-corrected chi connectivity index (χ4v) is 14.3. The normalized spacial score (nSPS) is 14.1. The van der Waals surface area contributed by atoms with Crippen molar-refractivity contribution < 1.29 is 80.2 Å². The molecule has 0 bridgehead atoms. The van der Waals surface area contributed by atoms with Crippen LogP contribution in [-0.2, 0) is 65.4 Å². The molecule has 0 aliphatic heterocycles. The fourth-order valence-electron chi connectivity index (χ4n) is 12.7. The number of phosphoric ester groups is 2. The van der Waals surface area contributed by atoms with Crippen molar-refractivity contribution in [1.29, 1.82) is 0 Å². The van der Waals surface area contributed by atoms with Crippen LogP contribution < -0.4 is 0 Å². The predicted molar refractivity (Wildman–Crippen MR) is 414 cm³/mol. The van der Waals surface area contributed by atoms with E-state index in [4.69, 9.17) is 37.0 Å². The monoisotopic (exact) mass is 1480 g/mol. The van der Waals surface area contributed by atoms with E-state index in [1.54, 1.807) is 0 Å². The van der Waals surface area contributed by atoms with E-state index in [-0.39, 0.29) is 25.7 Å². The summed E-state index contributed by atoms with van der Waals surface area (Å²) >= 11 is 0. The van der Waals surface area contributed by atoms with Crippen LogP contribution in [0.25, 0.3) is 0 Å². The Bertz CT molecular complexity index is 1930. The number of unbranched alkanes of at least 4 members (excludes halogenated alkanes) is 53. The highest BCUT2D eigenvalue weighted by Crippen LogP contribution is 2.45. The summed E-state index contributed by atoms with van der Waals surface area (Å²) in [5, 5.41) is 10.6. The average molecular weight is 1480 g/mol. The van der Waals surface area contributed by atoms with Crippen molar-refractivity contribution in [2.45, 2.75) is 457 Å². The lowest BCUT2D eigenvalue weighted by molar-refractivity contribution is -0.161. The first-order valence-corrected chi connectivity index (χ1v) is 45.7. The number of carbonyl (C=O) groups is 4. The van der Waals surface area contributed by atoms with E-state index in [9.17, 15) is 43.2 Å². The van der Waals surface area contributed by atoms with Crippen molar-refractivity contribution in [1.82, 2.24) is 0 Å². The highest BCUT2D eigenvalue weighted by atomic mass is 31.2. The zero-order valence-corrected chi connectivity index (χ0v) is 67.8. The van der Waals surface area contributed by atoms with E-state index in [1.165, 1.54) is 263 Å². The molecule has 0 aromatic rings. The Hall–Kier alpha value is -1.94. The number of aliphatic hydroxyl groups is 1. The maximum absolute atomic E-state index is 13.1. The molecule has 6 atom stereocenters. The largest absolute Gasteiger partial charge is 0.472 e. The van der Waals surface area contributed by atoms with E-state index in [0.29, 0.717) is 25.7 Å². The van der Waals surface area contributed by atoms with E-state index in [2.05, 4.69) is 34.6 Å². The summed E-state index contributed by atoms with van der Waals surface area (Å²) in [6.07, 6.45) is 66.6. The quantitative estimate of drug-likeness (QED) is 0.0222. The molecule has 0 saturated carbocycles. The van der Waals surface area contributed by atoms with Crippen LogP contribution in [0.4, 0.5) is 0 Å². The third-order valence-electron chi connectivity index (χ3n) is 19.6. The first-order valence-electron chi connectivity index (χ1n) is 42.7. The average Bonchev–Trinajstić information content (AvgIpc) is 0.932. The summed E-state index contributed by atoms with van der Waals surface area (Å²) in [5.41, 5.74) is 0. The number of hydrogen-bond donors (Lipinski definition) is 3. The van der Waals surface area contributed by atoms with Crippen LogP contribution in [0.1, 0.15) is 439 Å². The SMILES string of the molecule is CCCCCCCCCCCCCCCCCCCCC(=O)OC[C@H](COP(=O)(O)OC[C@@H](O)COP(=O)(O)OC[C@@H](COC(=O)CCCCCCCCCCC)OC(=O)CCCCCCCCCCCCCC)OC(=O)CCCCCCCCCCCCCCCCCCCCC(C)CC. The van der Waals surface area contributed by atoms with Crippen LogP contribution in [0.2, 0.25) is 0 Å². The Morgan fingerprint density at radius 3 is 0.703 bits per heavy atom. The van der Waals surface area contributed by atoms with Crippen LogP contribution in [0.5, 0.6) is 0 Å². The van der Waals surface area contributed by atoms with Gasteiger partial charge >= 0.3 is 39.5 Å². The van der Waals surface area contributed by atoms with E-state index in [0.717, 1.165) is 95.8 Å². The third kappa shape index (κ3) is 74.7. The molecule has 0 heterocycles. The van der Waals surface area contributed by atoms with Gasteiger partial charge in [0.25, 0.3) is 0 Å². The van der Waals surface area contributed by atoms with Gasteiger partial charge in [-0.05, 0) is 31.6 Å². The van der Waals surface area contributed by atoms with Crippen molar-refractivity contribution in [3.63, 3.8) is 0 Å². The molecular formula is C82H160O17P2. The number of aliphatic hydroxyl groups excluding tert-OH is 1. The number of phosphoric acid groups is 2. The van der Waals surface area contributed by atoms with E-state index >= 15 is 0 Å². The van der Waals surface area contributed by atoms with Gasteiger partial charge in [-0.1, -0.05) is 388 Å². The summed E-state index contributed by atoms with van der Waals surface area (Å²) in [7, 11) is -9.92. The molecule has 0 aromatic heterocycles. The smallest absolute Gasteiger partial charge is 0.462 e. The topological polar surface area (TPSA) is 237 Å². The molecule has 0 amide bonds. The lowest BCUT2D eigenvalue weighted by Crippen LogP contribution is -2.30. The zero-order valence-electron chi connectivity index (χ0n) is 66.1. The van der Waals surface area contributed by atoms with Gasteiger partial charge in [-0.2, -0.15) is 0 Å². The Labute approximate surface area is 619 Å². The van der Waals surface area contributed by atoms with Gasteiger partial charge in [0.05, 0.1) is 26.4 Å². The van der Waals surface area contributed by atoms with Crippen LogP contribution in [0.15, 0.2) is 0 Å². The first-order chi connectivity index (χ1) is 49.1. The van der Waals surface area contributed by atoms with Crippen molar-refractivity contribution in [2.24, 2.45) is 5.92 Å². The molecule has 19 heteroatoms. The van der Waals surface area contributed by atoms with E-state index in [1.807, 2.05) is 0 Å². The fraction of sp³-hybridized carbons (Fsp3) is 0.951. The zero-order chi connectivity index (χ0) is 74.1. The minimum Gasteiger partial charge on any atom is -0.462 e. The van der Waals surface area contributed by atoms with Gasteiger partial charge < -0.3 is 33.8 Å². The highest BCUT2D eigenvalue weighted by Gasteiger charge is 2.30. The molecule has 0 aliphatic carbocycles. The predicted octanol–water partition coefficient (Wildman–Crippen LogP) is 24.8. The number of hydrogen-bond acceptors (Lipinski definition) is 15. The van der Waals surface area contributed by atoms with Gasteiger partial charge in [0.1, 0.15) is 19.3 Å². The summed E-state index contributed by atoms with van der Waals surface area (Å²) in [6, 6.07) is 0. The molecule has 0 fully saturated rings. The maximum atomic E-state index is 13.1. The van der Waals surface area contributed by atoms with Gasteiger partial charge in [0.2, 0.25) is 0 Å². The number of carbonyl (C=O) groups excluding carboxylic acids is 4. The highest BCUT2D eigenvalue weighted by molar-refractivity contribution is 7.47. The second-order valence-corrected chi connectivity index (χ2v) is 32.7. The Morgan fingerprint density at radius 1 is 0.277 bits per heavy atom. The van der Waals surface area contributed by atoms with Crippen molar-refractivity contribution in [3.8, 4) is 0 Å². The van der Waals surface area contributed by atoms with Gasteiger partial charge in [0.15, 0.2) is 12.2 Å². The molecule has 0 spiro atoms. The standard InChI is InChI=1S/C82H160O17P2/c1-6-10-13-16-19-22-24-26-27-28-32-35-38-42-46-51-56-61-66-80(85)93-72-78(99-82(87)68-63-58-53-48-43-39-36-33-30-29-31-34-37-40-45-49-54-59-64-75(5)9-4)74-97-101(90,91)95-70-76(83)69-94-100(88,89)96-73-77(71-92-79(84)65-60-55-50-44-21-18-15-12-8-3)98-81(86)67-62-57-52-47-41-25-23-20-17-14-11-7-2/h75-78,83H,6-74H2,1-5H3,(H,88,89)(H,90,91)/t75?,76-,77+,78+/m0/s1. The third-order valence-corrected chi connectivity index (χ3v) is 21.5. The van der Waals surface area contributed by atoms with Crippen LogP contribution in [0, 0.1) is 5.92 Å². The van der Waals surface area contributed by atoms with Crippen LogP contribution in [0.3, 0.4) is 0 Å². The van der Waals surface area contributed by atoms with Crippen LogP contribution in [-0.4, -0.2) is 96.7 Å². The van der Waals surface area contributed by atoms with Gasteiger partial charge in [-0.15, -0.1) is 0 Å². The van der Waals surface area contributed by atoms with Crippen molar-refractivity contribution >= 4 is 39.5 Å². The Kier molecular flexibility index (Phi) is 73.5. The molecule has 101 heavy (non-hydrogen) atoms. The number of rotatable bonds is 82. The molecule has 0 saturated heterocycles. The molecule has 0 aromatic carbocycles. The molecule has 600 valence electrons. The molecule has 17 nitrogen and oxygen atoms in total. The number of ether oxygens (including phenoxy) is 4. The van der Waals surface area contributed by atoms with Gasteiger partial charge in [0, 0.05) is 25.7 Å². The summed E-state index contributed by atoms with van der Waals surface area (Å²) < 4.78 is 68.7. The first kappa shape index (κ1) is 99.1. The van der Waals surface area contributed by atoms with Gasteiger partial charge in [-0.25, -0.2) is 9.13 Å². The summed E-state index contributed by atoms with van der Waals surface area (Å²) in [6.45, 7) is 7.38. The lowest BCUT2D eigenvalue weighted by Gasteiger charge is -2.21. The molecule has 3 N–H and O–H groups in total. The molecule has 0 rings (SSSR count). The summed E-state index contributed by atoms with van der Waals surface area (Å²) in [5.74, 6) is -1.23. The second-order valence-electron chi connectivity index (χ2n) is 29.8. The second kappa shape index (κ2) is 74.9. The van der Waals surface area contributed by atoms with Crippen LogP contribution >= 0.6 is 15.6 Å². The minimum absolute atomic E-state index is 0.108. The summed E-state index contributed by atoms with van der Waals surface area (Å²) in [4.78, 5) is 73.0. The molecular weight excluding hydrogens is 1320 g/mol. The Balaban J connectivity index is 5.19. The molecule has 0 radical (unpaired) electrons. The van der Waals surface area contributed by atoms with E-state index < -0.39 is 97.5 Å². The molecule has 3 unspecified atom stereocenters.